The smallest absolute Gasteiger partial charge is 0.293 e. The predicted octanol–water partition coefficient (Wildman–Crippen LogP) is 1.33. The molecule has 5 nitrogen and oxygen atoms in total. The highest BCUT2D eigenvalue weighted by Crippen LogP contribution is 2.30. The van der Waals surface area contributed by atoms with E-state index in [9.17, 15) is 19.4 Å². The van der Waals surface area contributed by atoms with Gasteiger partial charge in [-0.25, -0.2) is 4.39 Å². The zero-order valence-electron chi connectivity index (χ0n) is 13.2. The third-order valence-corrected chi connectivity index (χ3v) is 3.32. The van der Waals surface area contributed by atoms with Crippen LogP contribution in [0, 0.1) is 5.82 Å². The van der Waals surface area contributed by atoms with Crippen molar-refractivity contribution in [3.05, 3.63) is 35.6 Å². The van der Waals surface area contributed by atoms with Gasteiger partial charge in [0, 0.05) is 6.54 Å². The van der Waals surface area contributed by atoms with E-state index < -0.39 is 11.7 Å². The second-order valence-electron chi connectivity index (χ2n) is 6.23. The van der Waals surface area contributed by atoms with Gasteiger partial charge in [0.1, 0.15) is 17.0 Å². The molecule has 1 aliphatic heterocycles. The van der Waals surface area contributed by atoms with E-state index in [4.69, 9.17) is 0 Å². The number of piperidine rings is 1. The van der Waals surface area contributed by atoms with Gasteiger partial charge < -0.3 is 20.3 Å². The number of carbonyl (C=O) groups excluding carboxylic acids is 1. The highest BCUT2D eigenvalue weighted by molar-refractivity contribution is 5.37. The Morgan fingerprint density at radius 3 is 2.36 bits per heavy atom. The van der Waals surface area contributed by atoms with E-state index in [2.05, 4.69) is 10.1 Å². The summed E-state index contributed by atoms with van der Waals surface area (Å²) in [6, 6.07) is 5.62. The molecule has 1 aliphatic rings. The lowest BCUT2D eigenvalue weighted by Crippen LogP contribution is -2.51. The first-order chi connectivity index (χ1) is 10.2. The van der Waals surface area contributed by atoms with Gasteiger partial charge in [-0.05, 0) is 51.4 Å². The first-order valence-corrected chi connectivity index (χ1v) is 7.18. The van der Waals surface area contributed by atoms with Crippen LogP contribution in [0.1, 0.15) is 32.8 Å². The Kier molecular flexibility index (Phi) is 6.47. The zero-order valence-corrected chi connectivity index (χ0v) is 13.2. The lowest BCUT2D eigenvalue weighted by Gasteiger charge is -2.37. The summed E-state index contributed by atoms with van der Waals surface area (Å²) in [5.41, 5.74) is -1.00. The van der Waals surface area contributed by atoms with Crippen molar-refractivity contribution in [2.24, 2.45) is 0 Å². The van der Waals surface area contributed by atoms with Gasteiger partial charge in [-0.1, -0.05) is 12.1 Å². The quantitative estimate of drug-likeness (QED) is 0.718. The van der Waals surface area contributed by atoms with Gasteiger partial charge in [0.2, 0.25) is 0 Å². The summed E-state index contributed by atoms with van der Waals surface area (Å²) in [7, 11) is 0. The van der Waals surface area contributed by atoms with E-state index in [0.29, 0.717) is 31.5 Å². The normalized spacial score (nSPS) is 24.9. The molecule has 6 heteroatoms. The van der Waals surface area contributed by atoms with Crippen LogP contribution < -0.4 is 5.32 Å². The maximum absolute atomic E-state index is 12.7. The van der Waals surface area contributed by atoms with E-state index in [0.717, 1.165) is 0 Å². The van der Waals surface area contributed by atoms with Crippen LogP contribution in [0.25, 0.3) is 0 Å². The van der Waals surface area contributed by atoms with E-state index in [1.54, 1.807) is 0 Å². The van der Waals surface area contributed by atoms with E-state index in [-0.39, 0.29) is 11.4 Å². The summed E-state index contributed by atoms with van der Waals surface area (Å²) < 4.78 is 17.3. The number of rotatable bonds is 2. The second-order valence-corrected chi connectivity index (χ2v) is 6.23. The number of hydrogen-bond acceptors (Lipinski definition) is 5. The number of aliphatic hydroxyl groups is 2. The largest absolute Gasteiger partial charge is 0.462 e. The molecule has 1 aromatic carbocycles. The highest BCUT2D eigenvalue weighted by Gasteiger charge is 2.39. The minimum Gasteiger partial charge on any atom is -0.462 e. The molecule has 1 fully saturated rings. The Balaban J connectivity index is 0.000000295. The van der Waals surface area contributed by atoms with Crippen LogP contribution in [0.3, 0.4) is 0 Å². The molecule has 2 rings (SSSR count). The molecule has 22 heavy (non-hydrogen) atoms. The Hall–Kier alpha value is -1.50. The number of β-amino-alcohol motifs (C(OH)–C–C–N with tert-alkyl or cyclic N) is 1. The third-order valence-electron chi connectivity index (χ3n) is 3.32. The van der Waals surface area contributed by atoms with Gasteiger partial charge in [-0.2, -0.15) is 0 Å². The fourth-order valence-electron chi connectivity index (χ4n) is 2.07. The Labute approximate surface area is 130 Å². The Bertz CT molecular complexity index is 472. The highest BCUT2D eigenvalue weighted by atomic mass is 19.1. The number of ether oxygens (including phenoxy) is 1. The molecule has 0 aromatic heterocycles. The fourth-order valence-corrected chi connectivity index (χ4v) is 2.07. The monoisotopic (exact) mass is 313 g/mol. The van der Waals surface area contributed by atoms with Gasteiger partial charge in [-0.15, -0.1) is 0 Å². The van der Waals surface area contributed by atoms with Crippen LogP contribution in [-0.4, -0.2) is 41.5 Å². The average Bonchev–Trinajstić information content (AvgIpc) is 2.42. The summed E-state index contributed by atoms with van der Waals surface area (Å²) in [6.45, 7) is 6.92. The predicted molar refractivity (Wildman–Crippen MR) is 80.7 cm³/mol. The van der Waals surface area contributed by atoms with Gasteiger partial charge >= 0.3 is 0 Å². The molecule has 0 aliphatic carbocycles. The average molecular weight is 313 g/mol. The van der Waals surface area contributed by atoms with Crippen LogP contribution >= 0.6 is 0 Å². The molecular formula is C16H24FNO4. The number of aliphatic hydroxyl groups excluding tert-OH is 1. The SMILES string of the molecule is CC(C)(C)OC=O.OC1CNCCC1(O)c1ccc(F)cc1. The van der Waals surface area contributed by atoms with Crippen molar-refractivity contribution in [3.8, 4) is 0 Å². The number of hydrogen-bond donors (Lipinski definition) is 3. The van der Waals surface area contributed by atoms with Crippen molar-refractivity contribution < 1.29 is 24.1 Å². The van der Waals surface area contributed by atoms with Crippen molar-refractivity contribution in [1.29, 1.82) is 0 Å². The Morgan fingerprint density at radius 1 is 1.36 bits per heavy atom. The van der Waals surface area contributed by atoms with E-state index in [1.165, 1.54) is 24.3 Å². The van der Waals surface area contributed by atoms with Crippen LogP contribution in [0.4, 0.5) is 4.39 Å². The number of nitrogens with one attached hydrogen (secondary N) is 1. The van der Waals surface area contributed by atoms with Crippen molar-refractivity contribution in [1.82, 2.24) is 5.32 Å². The molecule has 1 aromatic rings. The molecule has 2 unspecified atom stereocenters. The minimum atomic E-state index is -1.25. The third kappa shape index (κ3) is 5.36. The van der Waals surface area contributed by atoms with Crippen LogP contribution in [0.2, 0.25) is 0 Å². The molecule has 124 valence electrons. The first kappa shape index (κ1) is 18.5. The summed E-state index contributed by atoms with van der Waals surface area (Å²) >= 11 is 0. The van der Waals surface area contributed by atoms with Crippen LogP contribution in [-0.2, 0) is 15.1 Å². The molecule has 2 atom stereocenters. The maximum atomic E-state index is 12.7. The standard InChI is InChI=1S/C11H14FNO2.C5H10O2/c12-9-3-1-8(2-4-9)11(15)5-6-13-7-10(11)14;1-5(2,3)7-4-6/h1-4,10,13-15H,5-7H2;4H,1-3H3. The lowest BCUT2D eigenvalue weighted by atomic mass is 9.83. The van der Waals surface area contributed by atoms with Crippen molar-refractivity contribution in [2.45, 2.75) is 44.5 Å². The fraction of sp³-hybridized carbons (Fsp3) is 0.562. The maximum Gasteiger partial charge on any atom is 0.293 e. The van der Waals surface area contributed by atoms with Crippen LogP contribution in [0.15, 0.2) is 24.3 Å². The second kappa shape index (κ2) is 7.67. The molecule has 0 saturated carbocycles. The summed E-state index contributed by atoms with van der Waals surface area (Å²) in [5, 5.41) is 23.0. The number of halogens is 1. The van der Waals surface area contributed by atoms with Gasteiger partial charge in [0.15, 0.2) is 0 Å². The number of benzene rings is 1. The molecule has 0 spiro atoms. The molecule has 1 heterocycles. The first-order valence-electron chi connectivity index (χ1n) is 7.18. The van der Waals surface area contributed by atoms with Gasteiger partial charge in [0.05, 0.1) is 6.10 Å². The minimum absolute atomic E-state index is 0.318. The lowest BCUT2D eigenvalue weighted by molar-refractivity contribution is -0.138. The van der Waals surface area contributed by atoms with Crippen molar-refractivity contribution in [3.63, 3.8) is 0 Å². The number of carbonyl (C=O) groups is 1. The molecule has 0 bridgehead atoms. The summed E-state index contributed by atoms with van der Waals surface area (Å²) in [4.78, 5) is 9.60. The molecular weight excluding hydrogens is 289 g/mol. The Morgan fingerprint density at radius 2 is 1.95 bits per heavy atom. The molecule has 3 N–H and O–H groups in total. The summed E-state index contributed by atoms with van der Waals surface area (Å²) in [5.74, 6) is -0.342. The zero-order chi connectivity index (χ0) is 16.8. The van der Waals surface area contributed by atoms with Gasteiger partial charge in [0.25, 0.3) is 6.47 Å². The van der Waals surface area contributed by atoms with Crippen LogP contribution in [0.5, 0.6) is 0 Å². The molecule has 0 radical (unpaired) electrons. The molecule has 1 saturated heterocycles. The van der Waals surface area contributed by atoms with Crippen molar-refractivity contribution in [2.75, 3.05) is 13.1 Å². The topological polar surface area (TPSA) is 78.8 Å². The van der Waals surface area contributed by atoms with E-state index in [1.807, 2.05) is 20.8 Å². The van der Waals surface area contributed by atoms with Gasteiger partial charge in [-0.3, -0.25) is 4.79 Å². The van der Waals surface area contributed by atoms with Crippen molar-refractivity contribution >= 4 is 6.47 Å². The molecule has 0 amide bonds. The summed E-state index contributed by atoms with van der Waals surface area (Å²) in [6.07, 6.45) is -0.420. The van der Waals surface area contributed by atoms with E-state index >= 15 is 0 Å².